The monoisotopic (exact) mass is 247 g/mol. The SMILES string of the molecule is Cn1nc(-c2ccc([N+](=O)[O-])cc2)cc1C(=O)O. The molecule has 0 amide bonds. The van der Waals surface area contributed by atoms with Gasteiger partial charge in [0.05, 0.1) is 10.6 Å². The van der Waals surface area contributed by atoms with Crippen molar-refractivity contribution in [1.82, 2.24) is 9.78 Å². The van der Waals surface area contributed by atoms with Crippen molar-refractivity contribution in [2.75, 3.05) is 0 Å². The van der Waals surface area contributed by atoms with Crippen molar-refractivity contribution >= 4 is 11.7 Å². The smallest absolute Gasteiger partial charge is 0.354 e. The molecule has 0 fully saturated rings. The van der Waals surface area contributed by atoms with Gasteiger partial charge < -0.3 is 5.11 Å². The molecular weight excluding hydrogens is 238 g/mol. The fourth-order valence-electron chi connectivity index (χ4n) is 1.56. The standard InChI is InChI=1S/C11H9N3O4/c1-13-10(11(15)16)6-9(12-13)7-2-4-8(5-3-7)14(17)18/h2-6H,1H3,(H,15,16). The molecule has 0 aliphatic carbocycles. The van der Waals surface area contributed by atoms with Gasteiger partial charge in [-0.05, 0) is 18.2 Å². The van der Waals surface area contributed by atoms with E-state index in [1.807, 2.05) is 0 Å². The van der Waals surface area contributed by atoms with Crippen LogP contribution in [0, 0.1) is 10.1 Å². The van der Waals surface area contributed by atoms with E-state index in [-0.39, 0.29) is 11.4 Å². The van der Waals surface area contributed by atoms with Gasteiger partial charge in [0.25, 0.3) is 5.69 Å². The van der Waals surface area contributed by atoms with Gasteiger partial charge in [-0.2, -0.15) is 5.10 Å². The predicted octanol–water partition coefficient (Wildman–Crippen LogP) is 1.69. The first-order chi connectivity index (χ1) is 8.49. The van der Waals surface area contributed by atoms with E-state index in [9.17, 15) is 14.9 Å². The summed E-state index contributed by atoms with van der Waals surface area (Å²) in [5, 5.41) is 23.4. The van der Waals surface area contributed by atoms with Gasteiger partial charge >= 0.3 is 5.97 Å². The highest BCUT2D eigenvalue weighted by Crippen LogP contribution is 2.21. The molecule has 1 aromatic heterocycles. The van der Waals surface area contributed by atoms with Crippen molar-refractivity contribution in [2.24, 2.45) is 7.05 Å². The largest absolute Gasteiger partial charge is 0.477 e. The highest BCUT2D eigenvalue weighted by Gasteiger charge is 2.13. The number of hydrogen-bond acceptors (Lipinski definition) is 4. The summed E-state index contributed by atoms with van der Waals surface area (Å²) in [5.41, 5.74) is 1.13. The molecule has 0 radical (unpaired) electrons. The van der Waals surface area contributed by atoms with E-state index in [1.165, 1.54) is 42.1 Å². The van der Waals surface area contributed by atoms with Crippen LogP contribution in [0.1, 0.15) is 10.5 Å². The van der Waals surface area contributed by atoms with E-state index >= 15 is 0 Å². The number of rotatable bonds is 3. The van der Waals surface area contributed by atoms with E-state index in [0.717, 1.165) is 0 Å². The molecule has 7 nitrogen and oxygen atoms in total. The molecule has 2 rings (SSSR count). The predicted molar refractivity (Wildman–Crippen MR) is 62.3 cm³/mol. The number of aryl methyl sites for hydroxylation is 1. The zero-order chi connectivity index (χ0) is 13.3. The molecule has 0 aliphatic rings. The van der Waals surface area contributed by atoms with Crippen LogP contribution in [0.3, 0.4) is 0 Å². The molecule has 0 aliphatic heterocycles. The van der Waals surface area contributed by atoms with Crippen LogP contribution in [0.4, 0.5) is 5.69 Å². The van der Waals surface area contributed by atoms with Gasteiger partial charge in [-0.15, -0.1) is 0 Å². The Kier molecular flexibility index (Phi) is 2.80. The Hall–Kier alpha value is -2.70. The number of carboxylic acids is 1. The van der Waals surface area contributed by atoms with Gasteiger partial charge in [-0.1, -0.05) is 0 Å². The van der Waals surface area contributed by atoms with Gasteiger partial charge in [-0.25, -0.2) is 4.79 Å². The lowest BCUT2D eigenvalue weighted by molar-refractivity contribution is -0.384. The Morgan fingerprint density at radius 2 is 2.00 bits per heavy atom. The van der Waals surface area contributed by atoms with Crippen LogP contribution < -0.4 is 0 Å². The Balaban J connectivity index is 2.40. The molecule has 1 aromatic carbocycles. The van der Waals surface area contributed by atoms with Crippen molar-refractivity contribution in [3.63, 3.8) is 0 Å². The number of aromatic carboxylic acids is 1. The van der Waals surface area contributed by atoms with Crippen LogP contribution >= 0.6 is 0 Å². The normalized spacial score (nSPS) is 10.3. The second kappa shape index (κ2) is 4.28. The van der Waals surface area contributed by atoms with E-state index in [2.05, 4.69) is 5.10 Å². The summed E-state index contributed by atoms with van der Waals surface area (Å²) in [6.07, 6.45) is 0. The van der Waals surface area contributed by atoms with Crippen molar-refractivity contribution < 1.29 is 14.8 Å². The number of carboxylic acid groups (broad SMARTS) is 1. The lowest BCUT2D eigenvalue weighted by Crippen LogP contribution is -2.04. The summed E-state index contributed by atoms with van der Waals surface area (Å²) in [4.78, 5) is 20.9. The molecule has 18 heavy (non-hydrogen) atoms. The maximum Gasteiger partial charge on any atom is 0.354 e. The first-order valence-corrected chi connectivity index (χ1v) is 5.01. The third kappa shape index (κ3) is 2.05. The second-order valence-corrected chi connectivity index (χ2v) is 3.65. The van der Waals surface area contributed by atoms with Crippen LogP contribution in [0.2, 0.25) is 0 Å². The maximum atomic E-state index is 10.9. The zero-order valence-electron chi connectivity index (χ0n) is 9.40. The first-order valence-electron chi connectivity index (χ1n) is 5.01. The van der Waals surface area contributed by atoms with Gasteiger partial charge in [0.15, 0.2) is 0 Å². The quantitative estimate of drug-likeness (QED) is 0.657. The van der Waals surface area contributed by atoms with E-state index in [1.54, 1.807) is 0 Å². The third-order valence-corrected chi connectivity index (χ3v) is 2.47. The number of hydrogen-bond donors (Lipinski definition) is 1. The first kappa shape index (κ1) is 11.8. The number of nitro groups is 1. The number of nitrogens with zero attached hydrogens (tertiary/aromatic N) is 3. The number of non-ortho nitro benzene ring substituents is 1. The Labute approximate surface area is 101 Å². The highest BCUT2D eigenvalue weighted by molar-refractivity contribution is 5.87. The van der Waals surface area contributed by atoms with Crippen LogP contribution in [-0.4, -0.2) is 25.8 Å². The van der Waals surface area contributed by atoms with Crippen molar-refractivity contribution in [3.05, 3.63) is 46.1 Å². The Morgan fingerprint density at radius 3 is 2.44 bits per heavy atom. The summed E-state index contributed by atoms with van der Waals surface area (Å²) in [7, 11) is 1.53. The van der Waals surface area contributed by atoms with Gasteiger partial charge in [0, 0.05) is 24.7 Å². The summed E-state index contributed by atoms with van der Waals surface area (Å²) >= 11 is 0. The number of carbonyl (C=O) groups is 1. The molecule has 1 N–H and O–H groups in total. The molecule has 7 heteroatoms. The molecule has 0 bridgehead atoms. The van der Waals surface area contributed by atoms with Crippen molar-refractivity contribution in [2.45, 2.75) is 0 Å². The van der Waals surface area contributed by atoms with Crippen molar-refractivity contribution in [3.8, 4) is 11.3 Å². The summed E-state index contributed by atoms with van der Waals surface area (Å²) in [6, 6.07) is 7.19. The minimum Gasteiger partial charge on any atom is -0.477 e. The second-order valence-electron chi connectivity index (χ2n) is 3.65. The topological polar surface area (TPSA) is 98.3 Å². The van der Waals surface area contributed by atoms with E-state index in [0.29, 0.717) is 11.3 Å². The van der Waals surface area contributed by atoms with Crippen LogP contribution in [-0.2, 0) is 7.05 Å². The lowest BCUT2D eigenvalue weighted by atomic mass is 10.1. The highest BCUT2D eigenvalue weighted by atomic mass is 16.6. The molecule has 2 aromatic rings. The van der Waals surface area contributed by atoms with Gasteiger partial charge in [-0.3, -0.25) is 14.8 Å². The minimum absolute atomic E-state index is 0.0202. The summed E-state index contributed by atoms with van der Waals surface area (Å²) in [6.45, 7) is 0. The third-order valence-electron chi connectivity index (χ3n) is 2.47. The van der Waals surface area contributed by atoms with Crippen LogP contribution in [0.15, 0.2) is 30.3 Å². The maximum absolute atomic E-state index is 10.9. The molecule has 0 atom stereocenters. The fourth-order valence-corrected chi connectivity index (χ4v) is 1.56. The van der Waals surface area contributed by atoms with Gasteiger partial charge in [0.1, 0.15) is 5.69 Å². The molecule has 0 spiro atoms. The number of aromatic nitrogens is 2. The Bertz CT molecular complexity index is 616. The van der Waals surface area contributed by atoms with Crippen LogP contribution in [0.25, 0.3) is 11.3 Å². The van der Waals surface area contributed by atoms with Gasteiger partial charge in [0.2, 0.25) is 0 Å². The average Bonchev–Trinajstić information content (AvgIpc) is 2.71. The molecule has 92 valence electrons. The molecule has 1 heterocycles. The molecular formula is C11H9N3O4. The molecule has 0 saturated carbocycles. The number of nitro benzene ring substituents is 1. The van der Waals surface area contributed by atoms with E-state index in [4.69, 9.17) is 5.11 Å². The molecule has 0 unspecified atom stereocenters. The van der Waals surface area contributed by atoms with E-state index < -0.39 is 10.9 Å². The lowest BCUT2D eigenvalue weighted by Gasteiger charge is -1.95. The number of benzene rings is 1. The van der Waals surface area contributed by atoms with Crippen LogP contribution in [0.5, 0.6) is 0 Å². The zero-order valence-corrected chi connectivity index (χ0v) is 9.40. The molecule has 0 saturated heterocycles. The Morgan fingerprint density at radius 1 is 1.39 bits per heavy atom. The van der Waals surface area contributed by atoms with Crippen molar-refractivity contribution in [1.29, 1.82) is 0 Å². The summed E-state index contributed by atoms with van der Waals surface area (Å²) in [5.74, 6) is -1.07. The fraction of sp³-hybridized carbons (Fsp3) is 0.0909. The summed E-state index contributed by atoms with van der Waals surface area (Å²) < 4.78 is 1.25. The minimum atomic E-state index is -1.07. The average molecular weight is 247 g/mol.